The second-order valence-electron chi connectivity index (χ2n) is 7.58. The van der Waals surface area contributed by atoms with Crippen molar-refractivity contribution in [3.05, 3.63) is 54.0 Å². The Bertz CT molecular complexity index is 987. The zero-order valence-corrected chi connectivity index (χ0v) is 17.8. The van der Waals surface area contributed by atoms with Gasteiger partial charge in [-0.3, -0.25) is 9.78 Å². The van der Waals surface area contributed by atoms with Gasteiger partial charge in [0.15, 0.2) is 0 Å². The number of furan rings is 1. The van der Waals surface area contributed by atoms with Crippen molar-refractivity contribution in [2.45, 2.75) is 20.3 Å². The summed E-state index contributed by atoms with van der Waals surface area (Å²) >= 11 is 0. The van der Waals surface area contributed by atoms with Crippen molar-refractivity contribution in [2.75, 3.05) is 45.9 Å². The summed E-state index contributed by atoms with van der Waals surface area (Å²) in [5.41, 5.74) is 3.43. The number of hydrogen-bond acceptors (Lipinski definition) is 5. The highest BCUT2D eigenvalue weighted by Crippen LogP contribution is 2.27. The average Bonchev–Trinajstić information content (AvgIpc) is 3.22. The highest BCUT2D eigenvalue weighted by Gasteiger charge is 2.19. The van der Waals surface area contributed by atoms with Crippen molar-refractivity contribution in [1.82, 2.24) is 14.8 Å². The zero-order chi connectivity index (χ0) is 20.9. The van der Waals surface area contributed by atoms with Gasteiger partial charge in [0.2, 0.25) is 0 Å². The fraction of sp³-hybridized carbons (Fsp3) is 0.417. The summed E-state index contributed by atoms with van der Waals surface area (Å²) in [5, 5.41) is 1.09. The molecule has 0 spiro atoms. The Morgan fingerprint density at radius 2 is 1.83 bits per heavy atom. The van der Waals surface area contributed by atoms with Gasteiger partial charge >= 0.3 is 0 Å². The van der Waals surface area contributed by atoms with Crippen molar-refractivity contribution in [1.29, 1.82) is 0 Å². The van der Waals surface area contributed by atoms with E-state index in [0.717, 1.165) is 53.9 Å². The lowest BCUT2D eigenvalue weighted by atomic mass is 10.1. The first-order valence-corrected chi connectivity index (χ1v) is 10.8. The van der Waals surface area contributed by atoms with Gasteiger partial charge in [0.1, 0.15) is 17.0 Å². The molecule has 1 aliphatic rings. The van der Waals surface area contributed by atoms with E-state index in [2.05, 4.69) is 35.9 Å². The molecule has 0 N–H and O–H groups in total. The molecule has 1 fully saturated rings. The van der Waals surface area contributed by atoms with Crippen LogP contribution in [0, 0.1) is 0 Å². The van der Waals surface area contributed by atoms with Crippen LogP contribution in [0.3, 0.4) is 0 Å². The Hall–Kier alpha value is -2.70. The second kappa shape index (κ2) is 9.41. The minimum absolute atomic E-state index is 0.0343. The third-order valence-electron chi connectivity index (χ3n) is 5.75. The molecule has 0 atom stereocenters. The molecule has 3 aromatic rings. The van der Waals surface area contributed by atoms with Gasteiger partial charge in [0.05, 0.1) is 13.2 Å². The molecule has 0 bridgehead atoms. The van der Waals surface area contributed by atoms with E-state index in [0.29, 0.717) is 32.0 Å². The van der Waals surface area contributed by atoms with Crippen LogP contribution in [0.4, 0.5) is 0 Å². The Kier molecular flexibility index (Phi) is 6.45. The van der Waals surface area contributed by atoms with E-state index in [1.807, 2.05) is 24.3 Å². The van der Waals surface area contributed by atoms with Gasteiger partial charge in [-0.05, 0) is 42.9 Å². The molecular formula is C24H29N3O3. The van der Waals surface area contributed by atoms with Crippen LogP contribution in [0.2, 0.25) is 0 Å². The minimum atomic E-state index is -0.0343. The van der Waals surface area contributed by atoms with Crippen LogP contribution in [-0.4, -0.2) is 66.6 Å². The molecule has 2 aromatic heterocycles. The number of fused-ring (bicyclic) bond motifs is 1. The summed E-state index contributed by atoms with van der Waals surface area (Å²) in [6.07, 6.45) is 2.68. The van der Waals surface area contributed by atoms with Crippen molar-refractivity contribution in [3.8, 4) is 11.1 Å². The molecule has 3 heterocycles. The fourth-order valence-corrected chi connectivity index (χ4v) is 3.83. The second-order valence-corrected chi connectivity index (χ2v) is 7.58. The highest BCUT2D eigenvalue weighted by molar-refractivity contribution is 5.93. The minimum Gasteiger partial charge on any atom is -0.461 e. The Morgan fingerprint density at radius 3 is 2.53 bits per heavy atom. The number of pyridine rings is 1. The summed E-state index contributed by atoms with van der Waals surface area (Å²) in [6.45, 7) is 9.89. The van der Waals surface area contributed by atoms with Gasteiger partial charge in [-0.15, -0.1) is 0 Å². The lowest BCUT2D eigenvalue weighted by Gasteiger charge is -2.26. The summed E-state index contributed by atoms with van der Waals surface area (Å²) < 4.78 is 11.3. The number of hydrogen-bond donors (Lipinski definition) is 0. The zero-order valence-electron chi connectivity index (χ0n) is 17.8. The Balaban J connectivity index is 1.48. The maximum atomic E-state index is 12.6. The Morgan fingerprint density at radius 1 is 1.07 bits per heavy atom. The van der Waals surface area contributed by atoms with Crippen LogP contribution in [0.15, 0.2) is 47.0 Å². The lowest BCUT2D eigenvalue weighted by Crippen LogP contribution is -2.41. The molecule has 0 aliphatic carbocycles. The molecule has 1 aliphatic heterocycles. The van der Waals surface area contributed by atoms with Crippen LogP contribution in [0.25, 0.3) is 22.1 Å². The van der Waals surface area contributed by atoms with Gasteiger partial charge < -0.3 is 19.0 Å². The van der Waals surface area contributed by atoms with Crippen LogP contribution in [-0.2, 0) is 11.2 Å². The van der Waals surface area contributed by atoms with E-state index >= 15 is 0 Å². The van der Waals surface area contributed by atoms with Crippen molar-refractivity contribution in [3.63, 3.8) is 0 Å². The molecule has 1 amide bonds. The van der Waals surface area contributed by atoms with Crippen molar-refractivity contribution >= 4 is 16.9 Å². The van der Waals surface area contributed by atoms with Crippen LogP contribution in [0.5, 0.6) is 0 Å². The van der Waals surface area contributed by atoms with Crippen LogP contribution in [0.1, 0.15) is 30.1 Å². The number of aromatic nitrogens is 1. The molecule has 6 heteroatoms. The molecule has 30 heavy (non-hydrogen) atoms. The molecule has 0 radical (unpaired) electrons. The molecule has 0 saturated carbocycles. The number of morpholine rings is 1. The van der Waals surface area contributed by atoms with Crippen molar-refractivity contribution in [2.24, 2.45) is 0 Å². The van der Waals surface area contributed by atoms with Crippen LogP contribution < -0.4 is 0 Å². The number of likely N-dealkylation sites (N-methyl/N-ethyl adjacent to an activating group) is 1. The first-order valence-electron chi connectivity index (χ1n) is 10.8. The third-order valence-corrected chi connectivity index (χ3v) is 5.75. The summed E-state index contributed by atoms with van der Waals surface area (Å²) in [7, 11) is 0. The predicted octanol–water partition coefficient (Wildman–Crippen LogP) is 3.85. The maximum absolute atomic E-state index is 12.6. The van der Waals surface area contributed by atoms with E-state index in [1.54, 1.807) is 11.1 Å². The molecule has 4 rings (SSSR count). The molecular weight excluding hydrogens is 378 g/mol. The number of carbonyl (C=O) groups is 1. The molecule has 158 valence electrons. The smallest absolute Gasteiger partial charge is 0.272 e. The first kappa shape index (κ1) is 20.6. The van der Waals surface area contributed by atoms with Gasteiger partial charge in [-0.2, -0.15) is 0 Å². The monoisotopic (exact) mass is 407 g/mol. The predicted molar refractivity (Wildman–Crippen MR) is 118 cm³/mol. The normalized spacial score (nSPS) is 14.6. The van der Waals surface area contributed by atoms with Crippen LogP contribution >= 0.6 is 0 Å². The van der Waals surface area contributed by atoms with E-state index in [4.69, 9.17) is 9.15 Å². The first-order chi connectivity index (χ1) is 14.7. The SMILES string of the molecule is CCN(CC)CCc1cc2cc(-c3ccc(C(=O)N4CCOCC4)nc3)ccc2o1. The molecule has 1 saturated heterocycles. The number of nitrogens with zero attached hydrogens (tertiary/aromatic N) is 3. The van der Waals surface area contributed by atoms with Gasteiger partial charge in [-0.25, -0.2) is 0 Å². The number of benzene rings is 1. The molecule has 1 aromatic carbocycles. The van der Waals surface area contributed by atoms with E-state index in [1.165, 1.54) is 0 Å². The maximum Gasteiger partial charge on any atom is 0.272 e. The van der Waals surface area contributed by atoms with Gasteiger partial charge in [0, 0.05) is 43.2 Å². The van der Waals surface area contributed by atoms with Gasteiger partial charge in [-0.1, -0.05) is 26.0 Å². The summed E-state index contributed by atoms with van der Waals surface area (Å²) in [5.74, 6) is 0.978. The lowest BCUT2D eigenvalue weighted by molar-refractivity contribution is 0.0299. The largest absolute Gasteiger partial charge is 0.461 e. The Labute approximate surface area is 177 Å². The quantitative estimate of drug-likeness (QED) is 0.595. The molecule has 0 unspecified atom stereocenters. The topological polar surface area (TPSA) is 58.8 Å². The summed E-state index contributed by atoms with van der Waals surface area (Å²) in [6, 6.07) is 12.1. The third kappa shape index (κ3) is 4.55. The van der Waals surface area contributed by atoms with E-state index in [-0.39, 0.29) is 5.91 Å². The number of amides is 1. The molecule has 6 nitrogen and oxygen atoms in total. The number of ether oxygens (including phenoxy) is 1. The standard InChI is InChI=1S/C24H29N3O3/c1-3-26(4-2)10-9-21-16-20-15-18(6-8-23(20)30-21)19-5-7-22(25-17-19)24(28)27-11-13-29-14-12-27/h5-8,15-17H,3-4,9-14H2,1-2H3. The van der Waals surface area contributed by atoms with E-state index < -0.39 is 0 Å². The van der Waals surface area contributed by atoms with Crippen molar-refractivity contribution < 1.29 is 13.9 Å². The van der Waals surface area contributed by atoms with E-state index in [9.17, 15) is 4.79 Å². The number of rotatable bonds is 7. The number of carbonyl (C=O) groups excluding carboxylic acids is 1. The summed E-state index contributed by atoms with van der Waals surface area (Å²) in [4.78, 5) is 21.2. The average molecular weight is 408 g/mol. The fourth-order valence-electron chi connectivity index (χ4n) is 3.83. The highest BCUT2D eigenvalue weighted by atomic mass is 16.5. The van der Waals surface area contributed by atoms with Gasteiger partial charge in [0.25, 0.3) is 5.91 Å².